The summed E-state index contributed by atoms with van der Waals surface area (Å²) in [5.74, 6) is -0.794. The van der Waals surface area contributed by atoms with Gasteiger partial charge < -0.3 is 16.4 Å². The summed E-state index contributed by atoms with van der Waals surface area (Å²) in [6.07, 6.45) is -0.271. The summed E-state index contributed by atoms with van der Waals surface area (Å²) in [6, 6.07) is 20.4. The highest BCUT2D eigenvalue weighted by Gasteiger charge is 2.14. The number of benzene rings is 3. The molecular weight excluding hydrogens is 364 g/mol. The first-order valence-corrected chi connectivity index (χ1v) is 8.95. The molecule has 3 aromatic rings. The smallest absolute Gasteiger partial charge is 0.233 e. The van der Waals surface area contributed by atoms with Crippen LogP contribution in [0.3, 0.4) is 0 Å². The monoisotopic (exact) mass is 390 g/mol. The Kier molecular flexibility index (Phi) is 7.09. The molecule has 1 atom stereocenters. The number of hydrogen-bond acceptors (Lipinski definition) is 3. The van der Waals surface area contributed by atoms with Gasteiger partial charge in [0.2, 0.25) is 11.8 Å². The van der Waals surface area contributed by atoms with Crippen molar-refractivity contribution in [2.75, 3.05) is 5.32 Å². The second-order valence-electron chi connectivity index (χ2n) is 6.61. The van der Waals surface area contributed by atoms with Crippen LogP contribution in [-0.2, 0) is 9.59 Å². The van der Waals surface area contributed by atoms with Crippen molar-refractivity contribution < 1.29 is 9.59 Å². The molecule has 29 heavy (non-hydrogen) atoms. The molecule has 2 amide bonds. The first kappa shape index (κ1) is 21.6. The normalized spacial score (nSPS) is 11.2. The number of nitrogens with two attached hydrogens (primary N) is 1. The molecule has 0 bridgehead atoms. The summed E-state index contributed by atoms with van der Waals surface area (Å²) in [5, 5.41) is 15.1. The average molecular weight is 390 g/mol. The van der Waals surface area contributed by atoms with E-state index in [-0.39, 0.29) is 31.6 Å². The molecule has 0 aliphatic rings. The first-order valence-electron chi connectivity index (χ1n) is 8.95. The molecule has 0 fully saturated rings. The van der Waals surface area contributed by atoms with Crippen molar-refractivity contribution in [1.29, 1.82) is 5.41 Å². The molecule has 0 aliphatic heterocycles. The number of carbonyl (C=O) groups excluding carboxylic acids is 2. The zero-order chi connectivity index (χ0) is 20.1. The predicted octanol–water partition coefficient (Wildman–Crippen LogP) is 3.97. The Bertz CT molecular complexity index is 1030. The summed E-state index contributed by atoms with van der Waals surface area (Å²) in [4.78, 5) is 24.3. The zero-order valence-corrected chi connectivity index (χ0v) is 15.5. The number of fused-ring (bicyclic) bond motifs is 1. The molecule has 0 saturated carbocycles. The van der Waals surface area contributed by atoms with Gasteiger partial charge in [0.25, 0.3) is 0 Å². The molecule has 3 aromatic carbocycles. The Balaban J connectivity index is 0.00000300. The van der Waals surface area contributed by atoms with E-state index in [1.54, 1.807) is 24.3 Å². The summed E-state index contributed by atoms with van der Waals surface area (Å²) >= 11 is 0. The lowest BCUT2D eigenvalue weighted by Crippen LogP contribution is -2.30. The summed E-state index contributed by atoms with van der Waals surface area (Å²) in [5.41, 5.74) is 7.49. The Morgan fingerprint density at radius 2 is 1.62 bits per heavy atom. The van der Waals surface area contributed by atoms with Crippen LogP contribution in [0.15, 0.2) is 66.7 Å². The standard InChI is InChI=1S/C22H22N4O2.CH4/c1-14(17-7-6-15-4-2-3-5-18(15)12-17)25-20(27)13-21(28)26-19-10-8-16(9-11-19)22(23)24;/h2-12,14H,13H2,1H3,(H3,23,24)(H,25,27)(H,26,28);1H4/t14-;/m1./s1. The van der Waals surface area contributed by atoms with Crippen LogP contribution in [0, 0.1) is 5.41 Å². The summed E-state index contributed by atoms with van der Waals surface area (Å²) in [6.45, 7) is 1.89. The van der Waals surface area contributed by atoms with Gasteiger partial charge in [0.15, 0.2) is 0 Å². The molecule has 0 saturated heterocycles. The number of carbonyl (C=O) groups is 2. The molecule has 6 nitrogen and oxygen atoms in total. The third-order valence-corrected chi connectivity index (χ3v) is 4.45. The number of hydrogen-bond donors (Lipinski definition) is 4. The van der Waals surface area contributed by atoms with Crippen molar-refractivity contribution in [3.8, 4) is 0 Å². The van der Waals surface area contributed by atoms with Crippen molar-refractivity contribution in [2.24, 2.45) is 5.73 Å². The van der Waals surface area contributed by atoms with Gasteiger partial charge in [0.1, 0.15) is 12.3 Å². The lowest BCUT2D eigenvalue weighted by molar-refractivity contribution is -0.127. The van der Waals surface area contributed by atoms with Crippen molar-refractivity contribution in [1.82, 2.24) is 5.32 Å². The second-order valence-corrected chi connectivity index (χ2v) is 6.61. The van der Waals surface area contributed by atoms with E-state index in [0.717, 1.165) is 16.3 Å². The fourth-order valence-corrected chi connectivity index (χ4v) is 2.94. The number of anilines is 1. The number of nitrogen functional groups attached to an aromatic ring is 1. The van der Waals surface area contributed by atoms with Crippen LogP contribution in [0.1, 0.15) is 37.9 Å². The van der Waals surface area contributed by atoms with E-state index in [4.69, 9.17) is 11.1 Å². The van der Waals surface area contributed by atoms with Gasteiger partial charge in [-0.2, -0.15) is 0 Å². The van der Waals surface area contributed by atoms with E-state index in [0.29, 0.717) is 11.3 Å². The first-order chi connectivity index (χ1) is 13.4. The maximum Gasteiger partial charge on any atom is 0.233 e. The molecule has 150 valence electrons. The van der Waals surface area contributed by atoms with Crippen LogP contribution in [0.25, 0.3) is 10.8 Å². The summed E-state index contributed by atoms with van der Waals surface area (Å²) < 4.78 is 0. The Morgan fingerprint density at radius 1 is 0.966 bits per heavy atom. The van der Waals surface area contributed by atoms with Gasteiger partial charge in [-0.05, 0) is 53.6 Å². The molecule has 0 aliphatic carbocycles. The number of amides is 2. The number of rotatable bonds is 6. The molecule has 0 heterocycles. The third-order valence-electron chi connectivity index (χ3n) is 4.45. The van der Waals surface area contributed by atoms with E-state index in [2.05, 4.69) is 10.6 Å². The van der Waals surface area contributed by atoms with Crippen molar-refractivity contribution in [3.63, 3.8) is 0 Å². The van der Waals surface area contributed by atoms with Gasteiger partial charge in [0.05, 0.1) is 6.04 Å². The van der Waals surface area contributed by atoms with Crippen molar-refractivity contribution in [3.05, 3.63) is 77.9 Å². The van der Waals surface area contributed by atoms with Gasteiger partial charge in [-0.15, -0.1) is 0 Å². The minimum atomic E-state index is -0.404. The largest absolute Gasteiger partial charge is 0.384 e. The van der Waals surface area contributed by atoms with Gasteiger partial charge in [-0.25, -0.2) is 0 Å². The Hall–Kier alpha value is -3.67. The minimum Gasteiger partial charge on any atom is -0.384 e. The lowest BCUT2D eigenvalue weighted by Gasteiger charge is -2.15. The van der Waals surface area contributed by atoms with E-state index < -0.39 is 5.91 Å². The molecule has 0 radical (unpaired) electrons. The lowest BCUT2D eigenvalue weighted by atomic mass is 10.0. The van der Waals surface area contributed by atoms with Crippen LogP contribution in [-0.4, -0.2) is 17.6 Å². The van der Waals surface area contributed by atoms with Crippen LogP contribution < -0.4 is 16.4 Å². The molecule has 0 unspecified atom stereocenters. The van der Waals surface area contributed by atoms with Crippen LogP contribution in [0.4, 0.5) is 5.69 Å². The molecule has 6 heteroatoms. The minimum absolute atomic E-state index is 0. The van der Waals surface area contributed by atoms with E-state index >= 15 is 0 Å². The maximum atomic E-state index is 12.2. The Morgan fingerprint density at radius 3 is 2.28 bits per heavy atom. The summed E-state index contributed by atoms with van der Waals surface area (Å²) in [7, 11) is 0. The topological polar surface area (TPSA) is 108 Å². The molecule has 3 rings (SSSR count). The predicted molar refractivity (Wildman–Crippen MR) is 118 cm³/mol. The van der Waals surface area contributed by atoms with E-state index in [9.17, 15) is 9.59 Å². The number of nitrogens with one attached hydrogen (secondary N) is 3. The maximum absolute atomic E-state index is 12.2. The zero-order valence-electron chi connectivity index (χ0n) is 15.5. The number of amidine groups is 1. The highest BCUT2D eigenvalue weighted by molar-refractivity contribution is 6.04. The third kappa shape index (κ3) is 5.65. The quantitative estimate of drug-likeness (QED) is 0.290. The van der Waals surface area contributed by atoms with E-state index in [1.807, 2.05) is 49.4 Å². The van der Waals surface area contributed by atoms with Crippen molar-refractivity contribution in [2.45, 2.75) is 26.8 Å². The van der Waals surface area contributed by atoms with Crippen LogP contribution in [0.5, 0.6) is 0 Å². The molecule has 0 spiro atoms. The average Bonchev–Trinajstić information content (AvgIpc) is 2.67. The molecule has 0 aromatic heterocycles. The van der Waals surface area contributed by atoms with Crippen LogP contribution >= 0.6 is 0 Å². The SMILES string of the molecule is C.C[C@@H](NC(=O)CC(=O)Nc1ccc(C(=N)N)cc1)c1ccc2ccccc2c1. The second kappa shape index (κ2) is 9.50. The van der Waals surface area contributed by atoms with Crippen LogP contribution in [0.2, 0.25) is 0 Å². The molecular formula is C23H26N4O2. The fraction of sp³-hybridized carbons (Fsp3) is 0.174. The highest BCUT2D eigenvalue weighted by atomic mass is 16.2. The molecule has 5 N–H and O–H groups in total. The van der Waals surface area contributed by atoms with Crippen molar-refractivity contribution >= 4 is 34.1 Å². The highest BCUT2D eigenvalue weighted by Crippen LogP contribution is 2.20. The van der Waals surface area contributed by atoms with Gasteiger partial charge >= 0.3 is 0 Å². The Labute approximate surface area is 170 Å². The fourth-order valence-electron chi connectivity index (χ4n) is 2.94. The van der Waals surface area contributed by atoms with Gasteiger partial charge in [-0.3, -0.25) is 15.0 Å². The van der Waals surface area contributed by atoms with E-state index in [1.165, 1.54) is 0 Å². The van der Waals surface area contributed by atoms with Gasteiger partial charge in [-0.1, -0.05) is 43.8 Å². The van der Waals surface area contributed by atoms with Gasteiger partial charge in [0, 0.05) is 11.3 Å².